The summed E-state index contributed by atoms with van der Waals surface area (Å²) in [7, 11) is 0. The summed E-state index contributed by atoms with van der Waals surface area (Å²) in [4.78, 5) is 10.4. The van der Waals surface area contributed by atoms with E-state index in [2.05, 4.69) is 0 Å². The maximum Gasteiger partial charge on any atom is 0.412 e. The number of nitrogens with zero attached hydrogens (tertiary/aromatic N) is 3. The van der Waals surface area contributed by atoms with Crippen molar-refractivity contribution in [3.05, 3.63) is 0 Å². The zero-order valence-electron chi connectivity index (χ0n) is 7.48. The van der Waals surface area contributed by atoms with Crippen molar-refractivity contribution in [2.75, 3.05) is 32.8 Å². The molecule has 0 unspecified atom stereocenters. The van der Waals surface area contributed by atoms with Gasteiger partial charge in [0.25, 0.3) is 0 Å². The first-order valence-electron chi connectivity index (χ1n) is 4.09. The summed E-state index contributed by atoms with van der Waals surface area (Å²) in [5, 5.41) is 8.35. The number of hydrogen-bond donors (Lipinski definition) is 0. The van der Waals surface area contributed by atoms with Gasteiger partial charge in [0.15, 0.2) is 0 Å². The number of carbonyl (C=O) groups excluding carboxylic acids is 1. The van der Waals surface area contributed by atoms with Gasteiger partial charge in [0.05, 0.1) is 19.3 Å². The summed E-state index contributed by atoms with van der Waals surface area (Å²) >= 11 is 0.938. The van der Waals surface area contributed by atoms with E-state index >= 15 is 0 Å². The molecule has 1 amide bonds. The number of amides is 1. The zero-order valence-corrected chi connectivity index (χ0v) is 8.30. The van der Waals surface area contributed by atoms with E-state index < -0.39 is 6.16 Å². The Morgan fingerprint density at radius 3 is 2.79 bits per heavy atom. The first-order chi connectivity index (χ1) is 6.74. The highest BCUT2D eigenvalue weighted by Crippen LogP contribution is 2.18. The summed E-state index contributed by atoms with van der Waals surface area (Å²) < 4.78 is 20.0. The molecule has 1 aliphatic rings. The maximum absolute atomic E-state index is 12.4. The fraction of sp³-hybridized carbons (Fsp3) is 0.714. The van der Waals surface area contributed by atoms with E-state index in [-0.39, 0.29) is 6.54 Å². The Hall–Kier alpha value is -0.840. The Kier molecular flexibility index (Phi) is 4.65. The molecular weight excluding hydrogens is 209 g/mol. The van der Waals surface area contributed by atoms with E-state index in [1.807, 2.05) is 0 Å². The van der Waals surface area contributed by atoms with Gasteiger partial charge in [-0.15, -0.1) is 4.39 Å². The van der Waals surface area contributed by atoms with Gasteiger partial charge in [0.1, 0.15) is 6.54 Å². The lowest BCUT2D eigenvalue weighted by Gasteiger charge is -2.28. The Morgan fingerprint density at radius 1 is 1.64 bits per heavy atom. The molecule has 0 aromatic heterocycles. The van der Waals surface area contributed by atoms with Crippen molar-refractivity contribution in [1.29, 1.82) is 5.26 Å². The molecule has 0 radical (unpaired) electrons. The predicted molar refractivity (Wildman–Crippen MR) is 48.8 cm³/mol. The fourth-order valence-electron chi connectivity index (χ4n) is 0.955. The first-order valence-corrected chi connectivity index (χ1v) is 4.82. The number of nitriles is 1. The largest absolute Gasteiger partial charge is 0.412 e. The molecule has 1 aliphatic heterocycles. The zero-order chi connectivity index (χ0) is 10.4. The van der Waals surface area contributed by atoms with Crippen molar-refractivity contribution in [3.8, 4) is 6.07 Å². The van der Waals surface area contributed by atoms with Crippen LogP contribution in [-0.4, -0.2) is 47.6 Å². The number of ether oxygens (including phenoxy) is 1. The van der Waals surface area contributed by atoms with Crippen LogP contribution in [0.4, 0.5) is 9.18 Å². The number of morpholine rings is 1. The van der Waals surface area contributed by atoms with Crippen molar-refractivity contribution < 1.29 is 13.9 Å². The molecule has 14 heavy (non-hydrogen) atoms. The van der Waals surface area contributed by atoms with Gasteiger partial charge in [0.2, 0.25) is 0 Å². The summed E-state index contributed by atoms with van der Waals surface area (Å²) in [6, 6.07) is 1.73. The lowest BCUT2D eigenvalue weighted by atomic mass is 10.5. The predicted octanol–water partition coefficient (Wildman–Crippen LogP) is 0.797. The van der Waals surface area contributed by atoms with E-state index in [1.54, 1.807) is 10.4 Å². The van der Waals surface area contributed by atoms with Gasteiger partial charge in [-0.1, -0.05) is 0 Å². The molecule has 0 aromatic rings. The van der Waals surface area contributed by atoms with Crippen LogP contribution in [0.2, 0.25) is 0 Å². The lowest BCUT2D eigenvalue weighted by Crippen LogP contribution is -2.35. The van der Waals surface area contributed by atoms with Gasteiger partial charge in [-0.2, -0.15) is 5.26 Å². The Labute approximate surface area is 85.7 Å². The third-order valence-electron chi connectivity index (χ3n) is 1.59. The molecule has 0 aliphatic carbocycles. The van der Waals surface area contributed by atoms with Gasteiger partial charge in [-0.25, -0.2) is 13.4 Å². The van der Waals surface area contributed by atoms with Crippen molar-refractivity contribution in [3.63, 3.8) is 0 Å². The van der Waals surface area contributed by atoms with Crippen molar-refractivity contribution >= 4 is 18.3 Å². The second kappa shape index (κ2) is 5.80. The highest BCUT2D eigenvalue weighted by molar-refractivity contribution is 7.95. The average molecular weight is 219 g/mol. The number of halogens is 1. The standard InChI is InChI=1S/C7H10FN3O2S/c8-7(12)11(2-1-9)14-10-3-5-13-6-4-10/h2-6H2. The summed E-state index contributed by atoms with van der Waals surface area (Å²) in [6.07, 6.45) is -1.59. The maximum atomic E-state index is 12.4. The van der Waals surface area contributed by atoms with Gasteiger partial charge in [-0.05, 0) is 0 Å². The van der Waals surface area contributed by atoms with Crippen LogP contribution < -0.4 is 0 Å². The van der Waals surface area contributed by atoms with Crippen LogP contribution in [0.15, 0.2) is 0 Å². The minimum Gasteiger partial charge on any atom is -0.379 e. The molecule has 5 nitrogen and oxygen atoms in total. The second-order valence-corrected chi connectivity index (χ2v) is 3.69. The van der Waals surface area contributed by atoms with Crippen molar-refractivity contribution in [2.45, 2.75) is 0 Å². The third-order valence-corrected chi connectivity index (χ3v) is 2.66. The van der Waals surface area contributed by atoms with E-state index in [9.17, 15) is 9.18 Å². The molecule has 0 spiro atoms. The number of carbonyl (C=O) groups is 1. The fourth-order valence-corrected chi connectivity index (χ4v) is 1.73. The normalized spacial score (nSPS) is 17.4. The SMILES string of the molecule is N#CCN(SN1CCOCC1)C(=O)F. The van der Waals surface area contributed by atoms with E-state index in [0.717, 1.165) is 16.4 Å². The van der Waals surface area contributed by atoms with Crippen LogP contribution in [0, 0.1) is 11.3 Å². The summed E-state index contributed by atoms with van der Waals surface area (Å²) in [5.41, 5.74) is 0. The Morgan fingerprint density at radius 2 is 2.29 bits per heavy atom. The van der Waals surface area contributed by atoms with Gasteiger partial charge < -0.3 is 4.74 Å². The molecule has 1 fully saturated rings. The van der Waals surface area contributed by atoms with Crippen LogP contribution >= 0.6 is 12.1 Å². The molecule has 0 saturated carbocycles. The lowest BCUT2D eigenvalue weighted by molar-refractivity contribution is 0.0760. The van der Waals surface area contributed by atoms with E-state index in [0.29, 0.717) is 26.3 Å². The molecule has 7 heteroatoms. The highest BCUT2D eigenvalue weighted by Gasteiger charge is 2.19. The summed E-state index contributed by atoms with van der Waals surface area (Å²) in [5.74, 6) is 0. The molecule has 1 rings (SSSR count). The van der Waals surface area contributed by atoms with Gasteiger partial charge in [-0.3, -0.25) is 0 Å². The molecule has 0 aromatic carbocycles. The number of hydrogen-bond acceptors (Lipinski definition) is 5. The van der Waals surface area contributed by atoms with Crippen LogP contribution in [-0.2, 0) is 4.74 Å². The van der Waals surface area contributed by atoms with Crippen LogP contribution in [0.5, 0.6) is 0 Å². The first kappa shape index (κ1) is 11.2. The Bertz CT molecular complexity index is 240. The molecule has 1 heterocycles. The summed E-state index contributed by atoms with van der Waals surface area (Å²) in [6.45, 7) is 2.12. The molecule has 78 valence electrons. The quantitative estimate of drug-likeness (QED) is 0.304. The molecule has 1 saturated heterocycles. The molecular formula is C7H10FN3O2S. The highest BCUT2D eigenvalue weighted by atomic mass is 32.2. The second-order valence-electron chi connectivity index (χ2n) is 2.57. The average Bonchev–Trinajstić information content (AvgIpc) is 2.18. The topological polar surface area (TPSA) is 56.6 Å². The minimum atomic E-state index is -1.59. The Balaban J connectivity index is 2.38. The van der Waals surface area contributed by atoms with Crippen molar-refractivity contribution in [1.82, 2.24) is 8.61 Å². The van der Waals surface area contributed by atoms with Crippen LogP contribution in [0.3, 0.4) is 0 Å². The van der Waals surface area contributed by atoms with Crippen LogP contribution in [0.1, 0.15) is 0 Å². The van der Waals surface area contributed by atoms with E-state index in [1.165, 1.54) is 0 Å². The monoisotopic (exact) mass is 219 g/mol. The van der Waals surface area contributed by atoms with E-state index in [4.69, 9.17) is 10.00 Å². The third kappa shape index (κ3) is 3.49. The van der Waals surface area contributed by atoms with Crippen molar-refractivity contribution in [2.24, 2.45) is 0 Å². The molecule has 0 atom stereocenters. The number of rotatable bonds is 3. The van der Waals surface area contributed by atoms with Crippen LogP contribution in [0.25, 0.3) is 0 Å². The smallest absolute Gasteiger partial charge is 0.379 e. The molecule has 0 bridgehead atoms. The minimum absolute atomic E-state index is 0.253. The van der Waals surface area contributed by atoms with Gasteiger partial charge >= 0.3 is 6.16 Å². The molecule has 0 N–H and O–H groups in total. The van der Waals surface area contributed by atoms with Gasteiger partial charge in [0, 0.05) is 25.2 Å².